The Balaban J connectivity index is 2.22. The van der Waals surface area contributed by atoms with Gasteiger partial charge in [0, 0.05) is 10.6 Å². The third-order valence-corrected chi connectivity index (χ3v) is 2.01. The largest absolute Gasteiger partial charge is 0.364 e. The Labute approximate surface area is 75.1 Å². The summed E-state index contributed by atoms with van der Waals surface area (Å²) in [6.45, 7) is 0.557. The molecule has 0 aliphatic carbocycles. The van der Waals surface area contributed by atoms with Crippen LogP contribution in [0.2, 0.25) is 5.02 Å². The van der Waals surface area contributed by atoms with Gasteiger partial charge in [0.2, 0.25) is 0 Å². The predicted octanol–water partition coefficient (Wildman–Crippen LogP) is 1.92. The van der Waals surface area contributed by atoms with Crippen LogP contribution < -0.4 is 0 Å². The molecule has 1 aliphatic rings. The van der Waals surface area contributed by atoms with E-state index in [1.165, 1.54) is 0 Å². The fourth-order valence-corrected chi connectivity index (χ4v) is 1.13. The number of hydrogen-bond acceptors (Lipinski definition) is 2. The second-order valence-electron chi connectivity index (χ2n) is 2.69. The quantitative estimate of drug-likeness (QED) is 0.517. The fourth-order valence-electron chi connectivity index (χ4n) is 1.000. The summed E-state index contributed by atoms with van der Waals surface area (Å²) >= 11 is 5.67. The Kier molecular flexibility index (Phi) is 1.87. The molecule has 1 aliphatic heterocycles. The standard InChI is InChI=1S/C9H7ClO2/c10-7-3-1-6(2-4-7)9(11)8-5-12-8/h1-4,8H,5H2. The number of carbonyl (C=O) groups excluding carboxylic acids is 1. The second-order valence-corrected chi connectivity index (χ2v) is 3.13. The topological polar surface area (TPSA) is 29.6 Å². The third kappa shape index (κ3) is 1.49. The first-order valence-corrected chi connectivity index (χ1v) is 4.06. The third-order valence-electron chi connectivity index (χ3n) is 1.75. The first-order valence-electron chi connectivity index (χ1n) is 3.69. The number of Topliss-reactive ketones (excluding diaryl/α,β-unsaturated/α-hetero) is 1. The Bertz CT molecular complexity index is 301. The summed E-state index contributed by atoms with van der Waals surface area (Å²) in [5.41, 5.74) is 0.668. The molecule has 12 heavy (non-hydrogen) atoms. The van der Waals surface area contributed by atoms with Crippen LogP contribution in [0, 0.1) is 0 Å². The van der Waals surface area contributed by atoms with Crippen molar-refractivity contribution in [2.45, 2.75) is 6.10 Å². The van der Waals surface area contributed by atoms with E-state index in [4.69, 9.17) is 16.3 Å². The summed E-state index contributed by atoms with van der Waals surface area (Å²) in [7, 11) is 0. The molecular formula is C9H7ClO2. The molecule has 1 unspecified atom stereocenters. The highest BCUT2D eigenvalue weighted by Crippen LogP contribution is 2.17. The molecule has 0 amide bonds. The van der Waals surface area contributed by atoms with Crippen molar-refractivity contribution in [3.63, 3.8) is 0 Å². The molecule has 1 heterocycles. The maximum atomic E-state index is 11.4. The monoisotopic (exact) mass is 182 g/mol. The van der Waals surface area contributed by atoms with Crippen LogP contribution in [0.1, 0.15) is 10.4 Å². The molecule has 0 spiro atoms. The number of halogens is 1. The summed E-state index contributed by atoms with van der Waals surface area (Å²) in [5, 5.41) is 0.642. The number of benzene rings is 1. The van der Waals surface area contributed by atoms with Gasteiger partial charge in [0.1, 0.15) is 6.10 Å². The van der Waals surface area contributed by atoms with Crippen LogP contribution in [0.15, 0.2) is 24.3 Å². The highest BCUT2D eigenvalue weighted by atomic mass is 35.5. The molecule has 0 radical (unpaired) electrons. The van der Waals surface area contributed by atoms with Crippen molar-refractivity contribution in [1.29, 1.82) is 0 Å². The molecule has 1 saturated heterocycles. The molecule has 2 rings (SSSR count). The molecule has 3 heteroatoms. The summed E-state index contributed by atoms with van der Waals surface area (Å²) < 4.78 is 4.87. The highest BCUT2D eigenvalue weighted by molar-refractivity contribution is 6.30. The fraction of sp³-hybridized carbons (Fsp3) is 0.222. The van der Waals surface area contributed by atoms with Gasteiger partial charge in [-0.3, -0.25) is 4.79 Å². The molecule has 0 bridgehead atoms. The Morgan fingerprint density at radius 3 is 2.50 bits per heavy atom. The van der Waals surface area contributed by atoms with Gasteiger partial charge in [0.15, 0.2) is 5.78 Å². The van der Waals surface area contributed by atoms with E-state index >= 15 is 0 Å². The van der Waals surface area contributed by atoms with Gasteiger partial charge in [0.25, 0.3) is 0 Å². The molecule has 1 fully saturated rings. The van der Waals surface area contributed by atoms with Crippen molar-refractivity contribution in [3.05, 3.63) is 34.9 Å². The van der Waals surface area contributed by atoms with E-state index in [1.54, 1.807) is 24.3 Å². The van der Waals surface area contributed by atoms with Crippen molar-refractivity contribution in [1.82, 2.24) is 0 Å². The molecule has 62 valence electrons. The Hall–Kier alpha value is -0.860. The smallest absolute Gasteiger partial charge is 0.193 e. The molecule has 0 aromatic heterocycles. The van der Waals surface area contributed by atoms with Crippen LogP contribution in [-0.2, 0) is 4.74 Å². The maximum Gasteiger partial charge on any atom is 0.193 e. The van der Waals surface area contributed by atoms with Gasteiger partial charge in [0.05, 0.1) is 6.61 Å². The lowest BCUT2D eigenvalue weighted by atomic mass is 10.1. The van der Waals surface area contributed by atoms with Crippen molar-refractivity contribution >= 4 is 17.4 Å². The van der Waals surface area contributed by atoms with E-state index in [0.717, 1.165) is 0 Å². The first kappa shape index (κ1) is 7.77. The van der Waals surface area contributed by atoms with Gasteiger partial charge in [-0.1, -0.05) is 11.6 Å². The number of carbonyl (C=O) groups is 1. The van der Waals surface area contributed by atoms with Gasteiger partial charge in [-0.15, -0.1) is 0 Å². The minimum Gasteiger partial charge on any atom is -0.364 e. The molecule has 0 saturated carbocycles. The molecular weight excluding hydrogens is 176 g/mol. The van der Waals surface area contributed by atoms with E-state index in [0.29, 0.717) is 17.2 Å². The number of ether oxygens (including phenoxy) is 1. The molecule has 1 atom stereocenters. The number of hydrogen-bond donors (Lipinski definition) is 0. The summed E-state index contributed by atoms with van der Waals surface area (Å²) in [6, 6.07) is 6.84. The summed E-state index contributed by atoms with van der Waals surface area (Å²) in [6.07, 6.45) is -0.203. The first-order chi connectivity index (χ1) is 5.77. The minimum absolute atomic E-state index is 0.0478. The van der Waals surface area contributed by atoms with Gasteiger partial charge < -0.3 is 4.74 Å². The Morgan fingerprint density at radius 2 is 2.00 bits per heavy atom. The van der Waals surface area contributed by atoms with Gasteiger partial charge in [-0.2, -0.15) is 0 Å². The lowest BCUT2D eigenvalue weighted by Gasteiger charge is -1.95. The van der Waals surface area contributed by atoms with Crippen molar-refractivity contribution in [2.75, 3.05) is 6.61 Å². The van der Waals surface area contributed by atoms with E-state index in [1.807, 2.05) is 0 Å². The minimum atomic E-state index is -0.203. The maximum absolute atomic E-state index is 11.4. The summed E-state index contributed by atoms with van der Waals surface area (Å²) in [5.74, 6) is 0.0478. The zero-order valence-electron chi connectivity index (χ0n) is 6.29. The van der Waals surface area contributed by atoms with Crippen LogP contribution in [0.25, 0.3) is 0 Å². The van der Waals surface area contributed by atoms with Crippen LogP contribution >= 0.6 is 11.6 Å². The number of rotatable bonds is 2. The zero-order chi connectivity index (χ0) is 8.55. The molecule has 2 nitrogen and oxygen atoms in total. The van der Waals surface area contributed by atoms with E-state index in [2.05, 4.69) is 0 Å². The number of epoxide rings is 1. The lowest BCUT2D eigenvalue weighted by molar-refractivity contribution is 0.0953. The van der Waals surface area contributed by atoms with Gasteiger partial charge in [-0.25, -0.2) is 0 Å². The molecule has 1 aromatic carbocycles. The Morgan fingerprint density at radius 1 is 1.42 bits per heavy atom. The average molecular weight is 183 g/mol. The van der Waals surface area contributed by atoms with Gasteiger partial charge in [-0.05, 0) is 24.3 Å². The van der Waals surface area contributed by atoms with Crippen LogP contribution in [0.3, 0.4) is 0 Å². The van der Waals surface area contributed by atoms with Crippen LogP contribution in [-0.4, -0.2) is 18.5 Å². The highest BCUT2D eigenvalue weighted by Gasteiger charge is 2.31. The normalized spacial score (nSPS) is 20.6. The van der Waals surface area contributed by atoms with Gasteiger partial charge >= 0.3 is 0 Å². The van der Waals surface area contributed by atoms with E-state index < -0.39 is 0 Å². The van der Waals surface area contributed by atoms with Crippen molar-refractivity contribution in [2.24, 2.45) is 0 Å². The van der Waals surface area contributed by atoms with Crippen molar-refractivity contribution in [3.8, 4) is 0 Å². The van der Waals surface area contributed by atoms with E-state index in [9.17, 15) is 4.79 Å². The second kappa shape index (κ2) is 2.88. The predicted molar refractivity (Wildman–Crippen MR) is 45.5 cm³/mol. The van der Waals surface area contributed by atoms with Crippen LogP contribution in [0.4, 0.5) is 0 Å². The van der Waals surface area contributed by atoms with Crippen LogP contribution in [0.5, 0.6) is 0 Å². The van der Waals surface area contributed by atoms with Crippen molar-refractivity contribution < 1.29 is 9.53 Å². The lowest BCUT2D eigenvalue weighted by Crippen LogP contribution is -2.06. The average Bonchev–Trinajstić information content (AvgIpc) is 2.87. The van der Waals surface area contributed by atoms with E-state index in [-0.39, 0.29) is 11.9 Å². The number of ketones is 1. The molecule has 0 N–H and O–H groups in total. The zero-order valence-corrected chi connectivity index (χ0v) is 7.04. The molecule has 1 aromatic rings. The SMILES string of the molecule is O=C(c1ccc(Cl)cc1)C1CO1. The summed E-state index contributed by atoms with van der Waals surface area (Å²) in [4.78, 5) is 11.4.